The van der Waals surface area contributed by atoms with Crippen molar-refractivity contribution in [3.05, 3.63) is 53.9 Å². The summed E-state index contributed by atoms with van der Waals surface area (Å²) in [5, 5.41) is 0. The molecule has 0 bridgehead atoms. The van der Waals surface area contributed by atoms with Gasteiger partial charge >= 0.3 is 0 Å². The molecule has 0 saturated carbocycles. The van der Waals surface area contributed by atoms with Crippen LogP contribution >= 0.6 is 0 Å². The van der Waals surface area contributed by atoms with E-state index in [2.05, 4.69) is 48.1 Å². The van der Waals surface area contributed by atoms with Gasteiger partial charge in [-0.2, -0.15) is 0 Å². The van der Waals surface area contributed by atoms with Gasteiger partial charge in [-0.1, -0.05) is 17.7 Å². The Bertz CT molecular complexity index is 488. The number of aryl methyl sites for hydroxylation is 1. The van der Waals surface area contributed by atoms with Crippen LogP contribution in [0.3, 0.4) is 0 Å². The van der Waals surface area contributed by atoms with Gasteiger partial charge in [0.15, 0.2) is 0 Å². The van der Waals surface area contributed by atoms with Gasteiger partial charge in [0.1, 0.15) is 0 Å². The van der Waals surface area contributed by atoms with Gasteiger partial charge in [0.05, 0.1) is 11.9 Å². The molecule has 18 heavy (non-hydrogen) atoms. The highest BCUT2D eigenvalue weighted by atomic mass is 15.1. The lowest BCUT2D eigenvalue weighted by Crippen LogP contribution is -2.20. The first-order chi connectivity index (χ1) is 8.65. The third kappa shape index (κ3) is 3.23. The maximum Gasteiger partial charge on any atom is 0.0501 e. The van der Waals surface area contributed by atoms with Gasteiger partial charge in [0.2, 0.25) is 0 Å². The van der Waals surface area contributed by atoms with Crippen LogP contribution in [0.1, 0.15) is 11.3 Å². The van der Waals surface area contributed by atoms with Crippen molar-refractivity contribution < 1.29 is 0 Å². The van der Waals surface area contributed by atoms with E-state index in [0.29, 0.717) is 5.69 Å². The lowest BCUT2D eigenvalue weighted by atomic mass is 10.2. The fourth-order valence-electron chi connectivity index (χ4n) is 1.79. The Hall–Kier alpha value is -2.03. The number of nitrogens with zero attached hydrogens (tertiary/aromatic N) is 2. The molecule has 0 fully saturated rings. The Morgan fingerprint density at radius 3 is 2.44 bits per heavy atom. The first kappa shape index (κ1) is 12.4. The Kier molecular flexibility index (Phi) is 3.82. The van der Waals surface area contributed by atoms with Gasteiger partial charge in [0.25, 0.3) is 0 Å². The fraction of sp³-hybridized carbons (Fsp3) is 0.267. The smallest absolute Gasteiger partial charge is 0.0501 e. The molecule has 1 aromatic heterocycles. The predicted molar refractivity (Wildman–Crippen MR) is 76.8 cm³/mol. The quantitative estimate of drug-likeness (QED) is 0.894. The second-order valence-corrected chi connectivity index (χ2v) is 4.59. The molecule has 3 nitrogen and oxygen atoms in total. The maximum atomic E-state index is 5.61. The largest absolute Gasteiger partial charge is 0.397 e. The third-order valence-electron chi connectivity index (χ3n) is 3.03. The van der Waals surface area contributed by atoms with Crippen molar-refractivity contribution >= 4 is 11.4 Å². The molecular formula is C15H19N3. The second kappa shape index (κ2) is 5.54. The van der Waals surface area contributed by atoms with Gasteiger partial charge < -0.3 is 10.6 Å². The summed E-state index contributed by atoms with van der Waals surface area (Å²) in [6.07, 6.45) is 2.63. The van der Waals surface area contributed by atoms with Gasteiger partial charge in [-0.15, -0.1) is 0 Å². The van der Waals surface area contributed by atoms with Crippen molar-refractivity contribution in [2.45, 2.75) is 13.3 Å². The van der Waals surface area contributed by atoms with Crippen LogP contribution in [0.4, 0.5) is 11.4 Å². The van der Waals surface area contributed by atoms with Crippen molar-refractivity contribution in [3.63, 3.8) is 0 Å². The molecule has 1 heterocycles. The molecular weight excluding hydrogens is 222 g/mol. The van der Waals surface area contributed by atoms with E-state index >= 15 is 0 Å². The number of nitrogens with two attached hydrogens (primary N) is 1. The summed E-state index contributed by atoms with van der Waals surface area (Å²) in [5.41, 5.74) is 9.92. The average Bonchev–Trinajstić information content (AvgIpc) is 2.38. The second-order valence-electron chi connectivity index (χ2n) is 4.59. The molecule has 3 heteroatoms. The van der Waals surface area contributed by atoms with E-state index in [1.165, 1.54) is 11.3 Å². The number of likely N-dealkylation sites (N-methyl/N-ethyl adjacent to an activating group) is 1. The number of anilines is 2. The van der Waals surface area contributed by atoms with Gasteiger partial charge in [-0.3, -0.25) is 4.98 Å². The van der Waals surface area contributed by atoms with Crippen molar-refractivity contribution in [2.24, 2.45) is 0 Å². The normalized spacial score (nSPS) is 10.3. The minimum atomic E-state index is 0.714. The summed E-state index contributed by atoms with van der Waals surface area (Å²) >= 11 is 0. The minimum absolute atomic E-state index is 0.714. The molecule has 0 aliphatic heterocycles. The van der Waals surface area contributed by atoms with Crippen molar-refractivity contribution in [1.29, 1.82) is 0 Å². The summed E-state index contributed by atoms with van der Waals surface area (Å²) in [6, 6.07) is 12.4. The average molecular weight is 241 g/mol. The van der Waals surface area contributed by atoms with E-state index in [1.54, 1.807) is 6.20 Å². The molecule has 0 radical (unpaired) electrons. The van der Waals surface area contributed by atoms with E-state index in [9.17, 15) is 0 Å². The summed E-state index contributed by atoms with van der Waals surface area (Å²) < 4.78 is 0. The zero-order valence-electron chi connectivity index (χ0n) is 10.9. The number of nitrogen functional groups attached to an aromatic ring is 1. The number of hydrogen-bond acceptors (Lipinski definition) is 3. The van der Waals surface area contributed by atoms with Crippen LogP contribution in [0, 0.1) is 6.92 Å². The van der Waals surface area contributed by atoms with Crippen LogP contribution in [0.25, 0.3) is 0 Å². The van der Waals surface area contributed by atoms with Gasteiger partial charge in [0, 0.05) is 31.4 Å². The number of hydrogen-bond donors (Lipinski definition) is 1. The van der Waals surface area contributed by atoms with Crippen molar-refractivity contribution in [1.82, 2.24) is 4.98 Å². The molecule has 0 aliphatic carbocycles. The first-order valence-electron chi connectivity index (χ1n) is 6.13. The lowest BCUT2D eigenvalue weighted by molar-refractivity contribution is 0.853. The van der Waals surface area contributed by atoms with Crippen LogP contribution in [0.2, 0.25) is 0 Å². The summed E-state index contributed by atoms with van der Waals surface area (Å²) in [4.78, 5) is 6.54. The number of rotatable bonds is 4. The van der Waals surface area contributed by atoms with Gasteiger partial charge in [-0.05, 0) is 31.2 Å². The Balaban J connectivity index is 1.93. The van der Waals surface area contributed by atoms with Crippen LogP contribution in [-0.2, 0) is 6.42 Å². The maximum absolute atomic E-state index is 5.61. The SMILES string of the molecule is Cc1ccc(N(C)CCc2ccc(N)cn2)cc1. The fourth-order valence-corrected chi connectivity index (χ4v) is 1.79. The Morgan fingerprint density at radius 1 is 1.11 bits per heavy atom. The highest BCUT2D eigenvalue weighted by molar-refractivity contribution is 5.46. The van der Waals surface area contributed by atoms with Crippen LogP contribution in [0.15, 0.2) is 42.6 Å². The van der Waals surface area contributed by atoms with Crippen molar-refractivity contribution in [2.75, 3.05) is 24.2 Å². The highest BCUT2D eigenvalue weighted by Gasteiger charge is 2.01. The Morgan fingerprint density at radius 2 is 1.83 bits per heavy atom. The summed E-state index contributed by atoms with van der Waals surface area (Å²) in [5.74, 6) is 0. The van der Waals surface area contributed by atoms with E-state index in [4.69, 9.17) is 5.73 Å². The summed E-state index contributed by atoms with van der Waals surface area (Å²) in [7, 11) is 2.10. The van der Waals surface area contributed by atoms with E-state index in [0.717, 1.165) is 18.7 Å². The molecule has 94 valence electrons. The van der Waals surface area contributed by atoms with E-state index in [1.807, 2.05) is 12.1 Å². The van der Waals surface area contributed by atoms with Crippen LogP contribution in [0.5, 0.6) is 0 Å². The number of pyridine rings is 1. The summed E-state index contributed by atoms with van der Waals surface area (Å²) in [6.45, 7) is 3.04. The molecule has 0 spiro atoms. The first-order valence-corrected chi connectivity index (χ1v) is 6.13. The molecule has 2 rings (SSSR count). The van der Waals surface area contributed by atoms with E-state index in [-0.39, 0.29) is 0 Å². The number of benzene rings is 1. The molecule has 0 aliphatic rings. The number of aromatic nitrogens is 1. The molecule has 1 aromatic carbocycles. The molecule has 0 saturated heterocycles. The van der Waals surface area contributed by atoms with Gasteiger partial charge in [-0.25, -0.2) is 0 Å². The van der Waals surface area contributed by atoms with Crippen molar-refractivity contribution in [3.8, 4) is 0 Å². The molecule has 0 atom stereocenters. The Labute approximate surface area is 108 Å². The van der Waals surface area contributed by atoms with E-state index < -0.39 is 0 Å². The molecule has 2 N–H and O–H groups in total. The molecule has 0 amide bonds. The zero-order valence-corrected chi connectivity index (χ0v) is 10.9. The highest BCUT2D eigenvalue weighted by Crippen LogP contribution is 2.13. The standard InChI is InChI=1S/C15H19N3/c1-12-3-7-15(8-4-12)18(2)10-9-14-6-5-13(16)11-17-14/h3-8,11H,9-10,16H2,1-2H3. The topological polar surface area (TPSA) is 42.1 Å². The monoisotopic (exact) mass is 241 g/mol. The predicted octanol–water partition coefficient (Wildman–Crippen LogP) is 2.65. The zero-order chi connectivity index (χ0) is 13.0. The minimum Gasteiger partial charge on any atom is -0.397 e. The van der Waals surface area contributed by atoms with Crippen LogP contribution in [-0.4, -0.2) is 18.6 Å². The molecule has 2 aromatic rings. The third-order valence-corrected chi connectivity index (χ3v) is 3.03. The van der Waals surface area contributed by atoms with Crippen LogP contribution < -0.4 is 10.6 Å². The molecule has 0 unspecified atom stereocenters. The lowest BCUT2D eigenvalue weighted by Gasteiger charge is -2.19.